The van der Waals surface area contributed by atoms with Gasteiger partial charge in [-0.25, -0.2) is 9.07 Å². The highest BCUT2D eigenvalue weighted by molar-refractivity contribution is 7.07. The molecular weight excluding hydrogens is 421 g/mol. The quantitative estimate of drug-likeness (QED) is 0.258. The summed E-state index contributed by atoms with van der Waals surface area (Å²) in [6, 6.07) is 27.2. The topological polar surface area (TPSA) is 38.9 Å². The van der Waals surface area contributed by atoms with E-state index in [2.05, 4.69) is 29.3 Å². The first-order chi connectivity index (χ1) is 15.8. The zero-order chi connectivity index (χ0) is 22.2. The van der Waals surface area contributed by atoms with Crippen molar-refractivity contribution in [2.75, 3.05) is 20.3 Å². The molecule has 0 atom stereocenters. The molecular formula is C26H24FN3OS. The molecule has 0 saturated carbocycles. The number of rotatable bonds is 8. The Labute approximate surface area is 191 Å². The fraction of sp³-hybridized carbons (Fsp3) is 0.154. The van der Waals surface area contributed by atoms with Gasteiger partial charge in [-0.1, -0.05) is 72.8 Å². The SMILES string of the molecule is COCCN=c1scc(-c2ccccc2F)n1/N=C\C(c1ccccc1)c1ccccc1. The molecule has 0 bridgehead atoms. The number of aromatic nitrogens is 1. The van der Waals surface area contributed by atoms with Crippen LogP contribution in [0.15, 0.2) is 100 Å². The van der Waals surface area contributed by atoms with Crippen molar-refractivity contribution in [3.8, 4) is 11.3 Å². The maximum Gasteiger partial charge on any atom is 0.206 e. The molecule has 162 valence electrons. The van der Waals surface area contributed by atoms with Crippen LogP contribution < -0.4 is 4.80 Å². The molecule has 1 heterocycles. The van der Waals surface area contributed by atoms with Gasteiger partial charge in [0.1, 0.15) is 5.82 Å². The lowest BCUT2D eigenvalue weighted by Crippen LogP contribution is -2.15. The minimum Gasteiger partial charge on any atom is -0.383 e. The molecule has 0 aliphatic carbocycles. The van der Waals surface area contributed by atoms with Gasteiger partial charge in [0, 0.05) is 30.2 Å². The van der Waals surface area contributed by atoms with E-state index in [0.717, 1.165) is 11.1 Å². The molecule has 3 aromatic carbocycles. The van der Waals surface area contributed by atoms with E-state index in [-0.39, 0.29) is 11.7 Å². The van der Waals surface area contributed by atoms with Gasteiger partial charge in [-0.2, -0.15) is 5.10 Å². The predicted octanol–water partition coefficient (Wildman–Crippen LogP) is 5.57. The molecule has 0 saturated heterocycles. The number of nitrogens with zero attached hydrogens (tertiary/aromatic N) is 3. The van der Waals surface area contributed by atoms with Crippen LogP contribution in [-0.2, 0) is 4.74 Å². The van der Waals surface area contributed by atoms with Crippen molar-refractivity contribution >= 4 is 17.6 Å². The highest BCUT2D eigenvalue weighted by Crippen LogP contribution is 2.25. The van der Waals surface area contributed by atoms with Gasteiger partial charge in [-0.05, 0) is 23.3 Å². The maximum atomic E-state index is 14.6. The first kappa shape index (κ1) is 21.9. The largest absolute Gasteiger partial charge is 0.383 e. The molecule has 1 aromatic heterocycles. The molecule has 6 heteroatoms. The van der Waals surface area contributed by atoms with E-state index in [4.69, 9.17) is 9.84 Å². The van der Waals surface area contributed by atoms with Crippen molar-refractivity contribution in [1.82, 2.24) is 4.68 Å². The van der Waals surface area contributed by atoms with E-state index in [0.29, 0.717) is 29.2 Å². The summed E-state index contributed by atoms with van der Waals surface area (Å²) < 4.78 is 21.4. The van der Waals surface area contributed by atoms with Crippen LogP contribution in [0.1, 0.15) is 17.0 Å². The predicted molar refractivity (Wildman–Crippen MR) is 129 cm³/mol. The Morgan fingerprint density at radius 1 is 0.938 bits per heavy atom. The van der Waals surface area contributed by atoms with Crippen LogP contribution in [0.4, 0.5) is 4.39 Å². The first-order valence-corrected chi connectivity index (χ1v) is 11.2. The minimum absolute atomic E-state index is 0.0508. The third kappa shape index (κ3) is 5.10. The Morgan fingerprint density at radius 3 is 2.19 bits per heavy atom. The molecule has 0 unspecified atom stereocenters. The molecule has 4 nitrogen and oxygen atoms in total. The summed E-state index contributed by atoms with van der Waals surface area (Å²) in [7, 11) is 1.64. The van der Waals surface area contributed by atoms with Crippen LogP contribution in [0.25, 0.3) is 11.3 Å². The number of ether oxygens (including phenoxy) is 1. The summed E-state index contributed by atoms with van der Waals surface area (Å²) in [6.07, 6.45) is 1.90. The maximum absolute atomic E-state index is 14.6. The number of hydrogen-bond acceptors (Lipinski definition) is 4. The lowest BCUT2D eigenvalue weighted by molar-refractivity contribution is 0.207. The summed E-state index contributed by atoms with van der Waals surface area (Å²) in [5.74, 6) is -0.342. The van der Waals surface area contributed by atoms with Crippen molar-refractivity contribution < 1.29 is 9.13 Å². The number of benzene rings is 3. The Kier molecular flexibility index (Phi) is 7.38. The van der Waals surface area contributed by atoms with Crippen LogP contribution in [0.3, 0.4) is 0 Å². The van der Waals surface area contributed by atoms with Gasteiger partial charge in [0.25, 0.3) is 0 Å². The van der Waals surface area contributed by atoms with Crippen molar-refractivity contribution in [2.45, 2.75) is 5.92 Å². The smallest absolute Gasteiger partial charge is 0.206 e. The summed E-state index contributed by atoms with van der Waals surface area (Å²) in [6.45, 7) is 1.01. The summed E-state index contributed by atoms with van der Waals surface area (Å²) in [5.41, 5.74) is 3.41. The zero-order valence-corrected chi connectivity index (χ0v) is 18.6. The van der Waals surface area contributed by atoms with Crippen LogP contribution in [0.2, 0.25) is 0 Å². The van der Waals surface area contributed by atoms with Crippen LogP contribution in [0, 0.1) is 5.82 Å². The summed E-state index contributed by atoms with van der Waals surface area (Å²) in [4.78, 5) is 5.31. The van der Waals surface area contributed by atoms with Gasteiger partial charge >= 0.3 is 0 Å². The highest BCUT2D eigenvalue weighted by Gasteiger charge is 2.14. The van der Waals surface area contributed by atoms with Gasteiger partial charge in [0.05, 0.1) is 18.8 Å². The van der Waals surface area contributed by atoms with Gasteiger partial charge in [-0.3, -0.25) is 4.99 Å². The zero-order valence-electron chi connectivity index (χ0n) is 17.8. The Balaban J connectivity index is 1.81. The highest BCUT2D eigenvalue weighted by atomic mass is 32.1. The fourth-order valence-electron chi connectivity index (χ4n) is 3.42. The second kappa shape index (κ2) is 10.8. The molecule has 0 radical (unpaired) electrons. The lowest BCUT2D eigenvalue weighted by Gasteiger charge is -2.13. The molecule has 32 heavy (non-hydrogen) atoms. The molecule has 4 rings (SSSR count). The van der Waals surface area contributed by atoms with E-state index in [9.17, 15) is 4.39 Å². The molecule has 4 aromatic rings. The van der Waals surface area contributed by atoms with Crippen molar-refractivity contribution in [3.63, 3.8) is 0 Å². The average molecular weight is 446 g/mol. The van der Waals surface area contributed by atoms with E-state index < -0.39 is 0 Å². The van der Waals surface area contributed by atoms with E-state index >= 15 is 0 Å². The standard InChI is InChI=1S/C26H24FN3OS/c1-31-17-16-28-26-30(25(19-32-26)22-14-8-9-15-24(22)27)29-18-23(20-10-4-2-5-11-20)21-12-6-3-7-13-21/h2-15,18-19,23H,16-17H2,1H3/b28-26?,29-18-. The van der Waals surface area contributed by atoms with Gasteiger partial charge in [-0.15, -0.1) is 11.3 Å². The van der Waals surface area contributed by atoms with Crippen LogP contribution in [0.5, 0.6) is 0 Å². The van der Waals surface area contributed by atoms with Crippen LogP contribution >= 0.6 is 11.3 Å². The van der Waals surface area contributed by atoms with E-state index in [1.54, 1.807) is 23.9 Å². The molecule has 0 aliphatic heterocycles. The Bertz CT molecular complexity index is 1190. The molecule has 0 spiro atoms. The average Bonchev–Trinajstić information content (AvgIpc) is 3.23. The molecule has 0 aliphatic rings. The van der Waals surface area contributed by atoms with Crippen LogP contribution in [-0.4, -0.2) is 31.2 Å². The van der Waals surface area contributed by atoms with E-state index in [1.807, 2.05) is 54.1 Å². The lowest BCUT2D eigenvalue weighted by atomic mass is 9.92. The molecule has 0 amide bonds. The Hall–Kier alpha value is -3.35. The number of hydrogen-bond donors (Lipinski definition) is 0. The second-order valence-electron chi connectivity index (χ2n) is 7.13. The van der Waals surface area contributed by atoms with Gasteiger partial charge in [0.2, 0.25) is 4.80 Å². The Morgan fingerprint density at radius 2 is 1.56 bits per heavy atom. The third-order valence-corrected chi connectivity index (χ3v) is 5.88. The second-order valence-corrected chi connectivity index (χ2v) is 7.97. The monoisotopic (exact) mass is 445 g/mol. The molecule has 0 fully saturated rings. The summed E-state index contributed by atoms with van der Waals surface area (Å²) >= 11 is 1.43. The number of halogens is 1. The minimum atomic E-state index is -0.291. The summed E-state index contributed by atoms with van der Waals surface area (Å²) in [5, 5.41) is 6.71. The van der Waals surface area contributed by atoms with Crippen molar-refractivity contribution in [2.24, 2.45) is 10.1 Å². The van der Waals surface area contributed by atoms with Gasteiger partial charge in [0.15, 0.2) is 0 Å². The van der Waals surface area contributed by atoms with Crippen molar-refractivity contribution in [3.05, 3.63) is 112 Å². The number of methoxy groups -OCH3 is 1. The number of thiazole rings is 1. The molecule has 0 N–H and O–H groups in total. The first-order valence-electron chi connectivity index (χ1n) is 10.4. The van der Waals surface area contributed by atoms with Crippen molar-refractivity contribution in [1.29, 1.82) is 0 Å². The van der Waals surface area contributed by atoms with E-state index in [1.165, 1.54) is 17.4 Å². The fourth-order valence-corrected chi connectivity index (χ4v) is 4.28. The third-order valence-electron chi connectivity index (χ3n) is 5.03. The van der Waals surface area contributed by atoms with Gasteiger partial charge < -0.3 is 4.74 Å². The normalized spacial score (nSPS) is 12.2.